The maximum atomic E-state index is 5.52. The summed E-state index contributed by atoms with van der Waals surface area (Å²) in [6.07, 6.45) is 0. The van der Waals surface area contributed by atoms with E-state index < -0.39 is 0 Å². The molecule has 0 amide bonds. The molecule has 57 heavy (non-hydrogen) atoms. The normalized spacial score (nSPS) is 13.4. The summed E-state index contributed by atoms with van der Waals surface area (Å²) in [5, 5.41) is 4.74. The third-order valence-corrected chi connectivity index (χ3v) is 11.7. The topological polar surface area (TPSA) is 48.5 Å². The molecule has 0 spiro atoms. The first kappa shape index (κ1) is 31.7. The van der Waals surface area contributed by atoms with Crippen molar-refractivity contribution < 1.29 is 0 Å². The first-order chi connectivity index (χ1) is 28.3. The summed E-state index contributed by atoms with van der Waals surface area (Å²) in [4.78, 5) is 16.2. The fraction of sp³-hybridized carbons (Fsp3) is 0.0192. The van der Waals surface area contributed by atoms with Gasteiger partial charge in [0.1, 0.15) is 5.82 Å². The highest BCUT2D eigenvalue weighted by Gasteiger charge is 2.36. The van der Waals surface area contributed by atoms with Crippen molar-refractivity contribution in [3.63, 3.8) is 0 Å². The molecule has 1 atom stereocenters. The summed E-state index contributed by atoms with van der Waals surface area (Å²) in [7, 11) is 0. The molecule has 0 aliphatic heterocycles. The lowest BCUT2D eigenvalue weighted by Crippen LogP contribution is -2.12. The van der Waals surface area contributed by atoms with E-state index in [0.29, 0.717) is 11.8 Å². The summed E-state index contributed by atoms with van der Waals surface area (Å²) >= 11 is 0. The fourth-order valence-corrected chi connectivity index (χ4v) is 9.29. The van der Waals surface area contributed by atoms with Gasteiger partial charge in [0.05, 0.1) is 33.7 Å². The standard InChI is InChI=1S/C52H33N5/c1-3-17-33(18-4-1)35-21-9-13-27-42(35)56-45-30-16-12-26-41(45)47-46(56)32-31-40-36-22-7-8-25-39(36)49(48(40)47)51-53-50(34-19-5-2-6-20-34)54-52(55-51)57-43-28-14-10-23-37(43)38-24-11-15-29-44(38)57/h1-32,49H. The highest BCUT2D eigenvalue weighted by molar-refractivity contribution is 6.15. The minimum Gasteiger partial charge on any atom is -0.309 e. The SMILES string of the molecule is c1ccc(-c2nc(C3c4ccccc4-c4ccc5c(c43)c3ccccc3n5-c3ccccc3-c3ccccc3)nc(-n3c4ccccc4c4ccccc43)n2)cc1. The summed E-state index contributed by atoms with van der Waals surface area (Å²) < 4.78 is 4.65. The van der Waals surface area contributed by atoms with E-state index in [9.17, 15) is 0 Å². The minimum atomic E-state index is -0.249. The zero-order chi connectivity index (χ0) is 37.5. The van der Waals surface area contributed by atoms with Crippen molar-refractivity contribution in [3.8, 4) is 45.3 Å². The van der Waals surface area contributed by atoms with Crippen LogP contribution in [0.25, 0.3) is 88.9 Å². The molecule has 1 aliphatic rings. The van der Waals surface area contributed by atoms with Crippen LogP contribution in [0.3, 0.4) is 0 Å². The van der Waals surface area contributed by atoms with Gasteiger partial charge in [-0.3, -0.25) is 4.57 Å². The molecule has 1 aliphatic carbocycles. The van der Waals surface area contributed by atoms with E-state index >= 15 is 0 Å². The molecule has 0 bridgehead atoms. The van der Waals surface area contributed by atoms with Crippen molar-refractivity contribution in [1.29, 1.82) is 0 Å². The summed E-state index contributed by atoms with van der Waals surface area (Å²) in [6, 6.07) is 69.0. The lowest BCUT2D eigenvalue weighted by molar-refractivity contribution is 0.826. The molecule has 8 aromatic carbocycles. The average molecular weight is 728 g/mol. The van der Waals surface area contributed by atoms with Gasteiger partial charge in [-0.25, -0.2) is 4.98 Å². The Hall–Kier alpha value is -7.63. The fourth-order valence-electron chi connectivity index (χ4n) is 9.29. The van der Waals surface area contributed by atoms with Gasteiger partial charge >= 0.3 is 0 Å². The Morgan fingerprint density at radius 3 is 1.65 bits per heavy atom. The number of benzene rings is 8. The van der Waals surface area contributed by atoms with Crippen molar-refractivity contribution in [2.75, 3.05) is 0 Å². The van der Waals surface area contributed by atoms with E-state index in [0.717, 1.165) is 49.9 Å². The van der Waals surface area contributed by atoms with Gasteiger partial charge in [0.25, 0.3) is 0 Å². The maximum absolute atomic E-state index is 5.52. The van der Waals surface area contributed by atoms with Crippen LogP contribution in [-0.2, 0) is 0 Å². The maximum Gasteiger partial charge on any atom is 0.238 e. The number of aromatic nitrogens is 5. The molecule has 0 N–H and O–H groups in total. The van der Waals surface area contributed by atoms with Gasteiger partial charge in [0.2, 0.25) is 5.95 Å². The molecular formula is C52H33N5. The predicted octanol–water partition coefficient (Wildman–Crippen LogP) is 12.6. The molecule has 5 heteroatoms. The van der Waals surface area contributed by atoms with Crippen LogP contribution in [0.1, 0.15) is 22.9 Å². The van der Waals surface area contributed by atoms with Crippen LogP contribution in [0.2, 0.25) is 0 Å². The van der Waals surface area contributed by atoms with Crippen molar-refractivity contribution in [3.05, 3.63) is 211 Å². The quantitative estimate of drug-likeness (QED) is 0.177. The molecule has 3 aromatic heterocycles. The van der Waals surface area contributed by atoms with Crippen molar-refractivity contribution in [2.45, 2.75) is 5.92 Å². The Morgan fingerprint density at radius 2 is 0.930 bits per heavy atom. The van der Waals surface area contributed by atoms with Crippen molar-refractivity contribution >= 4 is 43.6 Å². The van der Waals surface area contributed by atoms with Crippen LogP contribution < -0.4 is 0 Å². The number of rotatable bonds is 5. The molecule has 0 radical (unpaired) electrons. The summed E-state index contributed by atoms with van der Waals surface area (Å²) in [5.41, 5.74) is 13.7. The molecule has 11 aromatic rings. The lowest BCUT2D eigenvalue weighted by Gasteiger charge is -2.17. The highest BCUT2D eigenvalue weighted by Crippen LogP contribution is 2.52. The summed E-state index contributed by atoms with van der Waals surface area (Å²) in [6.45, 7) is 0. The average Bonchev–Trinajstić information content (AvgIpc) is 3.93. The Balaban J connectivity index is 1.18. The Labute approximate surface area is 328 Å². The highest BCUT2D eigenvalue weighted by atomic mass is 15.2. The molecule has 5 nitrogen and oxygen atoms in total. The van der Waals surface area contributed by atoms with Crippen LogP contribution in [0.4, 0.5) is 0 Å². The van der Waals surface area contributed by atoms with E-state index in [4.69, 9.17) is 15.0 Å². The van der Waals surface area contributed by atoms with Crippen LogP contribution in [0, 0.1) is 0 Å². The van der Waals surface area contributed by atoms with Gasteiger partial charge in [0, 0.05) is 32.7 Å². The molecule has 12 rings (SSSR count). The van der Waals surface area contributed by atoms with E-state index in [1.165, 1.54) is 44.2 Å². The molecule has 1 unspecified atom stereocenters. The minimum absolute atomic E-state index is 0.249. The van der Waals surface area contributed by atoms with E-state index in [1.54, 1.807) is 0 Å². The second kappa shape index (κ2) is 12.4. The van der Waals surface area contributed by atoms with Crippen molar-refractivity contribution in [2.24, 2.45) is 0 Å². The number of hydrogen-bond donors (Lipinski definition) is 0. The molecule has 0 saturated carbocycles. The van der Waals surface area contributed by atoms with Gasteiger partial charge in [0.15, 0.2) is 5.82 Å². The van der Waals surface area contributed by atoms with E-state index in [-0.39, 0.29) is 5.92 Å². The molecule has 266 valence electrons. The third-order valence-electron chi connectivity index (χ3n) is 11.7. The van der Waals surface area contributed by atoms with Gasteiger partial charge in [-0.1, -0.05) is 164 Å². The summed E-state index contributed by atoms with van der Waals surface area (Å²) in [5.74, 6) is 1.73. The Bertz CT molecular complexity index is 3310. The Kier molecular flexibility index (Phi) is 6.92. The monoisotopic (exact) mass is 727 g/mol. The molecule has 3 heterocycles. The smallest absolute Gasteiger partial charge is 0.238 e. The van der Waals surface area contributed by atoms with Gasteiger partial charge in [-0.15, -0.1) is 0 Å². The molecule has 0 fully saturated rings. The predicted molar refractivity (Wildman–Crippen MR) is 232 cm³/mol. The van der Waals surface area contributed by atoms with Crippen LogP contribution in [-0.4, -0.2) is 24.1 Å². The van der Waals surface area contributed by atoms with Gasteiger partial charge < -0.3 is 4.57 Å². The van der Waals surface area contributed by atoms with Crippen LogP contribution >= 0.6 is 0 Å². The second-order valence-electron chi connectivity index (χ2n) is 14.7. The largest absolute Gasteiger partial charge is 0.309 e. The first-order valence-electron chi connectivity index (χ1n) is 19.4. The number of nitrogens with zero attached hydrogens (tertiary/aromatic N) is 5. The third kappa shape index (κ3) is 4.72. The number of para-hydroxylation sites is 4. The molecule has 0 saturated heterocycles. The van der Waals surface area contributed by atoms with Crippen LogP contribution in [0.5, 0.6) is 0 Å². The van der Waals surface area contributed by atoms with Crippen LogP contribution in [0.15, 0.2) is 194 Å². The lowest BCUT2D eigenvalue weighted by atomic mass is 9.92. The van der Waals surface area contributed by atoms with Gasteiger partial charge in [-0.2, -0.15) is 9.97 Å². The zero-order valence-corrected chi connectivity index (χ0v) is 30.8. The number of hydrogen-bond acceptors (Lipinski definition) is 3. The zero-order valence-electron chi connectivity index (χ0n) is 30.8. The van der Waals surface area contributed by atoms with Crippen molar-refractivity contribution in [1.82, 2.24) is 24.1 Å². The first-order valence-corrected chi connectivity index (χ1v) is 19.4. The van der Waals surface area contributed by atoms with Gasteiger partial charge in [-0.05, 0) is 58.1 Å². The van der Waals surface area contributed by atoms with E-state index in [1.807, 2.05) is 18.2 Å². The molecular weight excluding hydrogens is 695 g/mol. The van der Waals surface area contributed by atoms with E-state index in [2.05, 4.69) is 185 Å². The Morgan fingerprint density at radius 1 is 0.368 bits per heavy atom. The second-order valence-corrected chi connectivity index (χ2v) is 14.7. The number of fused-ring (bicyclic) bond motifs is 10.